The van der Waals surface area contributed by atoms with Crippen molar-refractivity contribution < 1.29 is 23.8 Å². The zero-order valence-corrected chi connectivity index (χ0v) is 14.4. The Kier molecular flexibility index (Phi) is 5.04. The number of ether oxygens (including phenoxy) is 2. The number of carbonyl (C=O) groups is 1. The molecule has 1 aromatic heterocycles. The van der Waals surface area contributed by atoms with E-state index in [9.17, 15) is 9.59 Å². The van der Waals surface area contributed by atoms with Crippen LogP contribution in [-0.2, 0) is 9.53 Å². The molecular formula is C20H18O6. The molecule has 3 rings (SSSR count). The van der Waals surface area contributed by atoms with Crippen molar-refractivity contribution in [3.8, 4) is 16.9 Å². The van der Waals surface area contributed by atoms with Crippen molar-refractivity contribution in [2.24, 2.45) is 0 Å². The normalized spacial score (nSPS) is 12.1. The second kappa shape index (κ2) is 7.41. The lowest BCUT2D eigenvalue weighted by molar-refractivity contribution is -0.147. The second-order valence-corrected chi connectivity index (χ2v) is 5.85. The van der Waals surface area contributed by atoms with E-state index in [1.165, 1.54) is 19.2 Å². The van der Waals surface area contributed by atoms with E-state index in [4.69, 9.17) is 19.0 Å². The number of fused-ring (bicyclic) bond motifs is 1. The van der Waals surface area contributed by atoms with Gasteiger partial charge >= 0.3 is 11.6 Å². The van der Waals surface area contributed by atoms with Gasteiger partial charge in [0, 0.05) is 30.2 Å². The Morgan fingerprint density at radius 1 is 1.15 bits per heavy atom. The first-order chi connectivity index (χ1) is 12.5. The van der Waals surface area contributed by atoms with Gasteiger partial charge in [-0.2, -0.15) is 0 Å². The Labute approximate surface area is 149 Å². The highest BCUT2D eigenvalue weighted by Crippen LogP contribution is 2.31. The Morgan fingerprint density at radius 3 is 2.62 bits per heavy atom. The number of hydrogen-bond acceptors (Lipinski definition) is 5. The largest absolute Gasteiger partial charge is 0.478 e. The van der Waals surface area contributed by atoms with Gasteiger partial charge in [0.25, 0.3) is 0 Å². The predicted molar refractivity (Wildman–Crippen MR) is 96.6 cm³/mol. The molecular weight excluding hydrogens is 336 g/mol. The van der Waals surface area contributed by atoms with Crippen LogP contribution in [0.4, 0.5) is 0 Å². The number of carboxylic acids is 1. The third-order valence-electron chi connectivity index (χ3n) is 4.02. The van der Waals surface area contributed by atoms with E-state index in [0.717, 1.165) is 22.1 Å². The summed E-state index contributed by atoms with van der Waals surface area (Å²) in [6.07, 6.45) is -1.15. The molecule has 134 valence electrons. The smallest absolute Gasteiger partial charge is 0.347 e. The summed E-state index contributed by atoms with van der Waals surface area (Å²) in [6.45, 7) is 1.87. The maximum atomic E-state index is 12.0. The SMILES string of the molecule is COCC(Oc1ccc2c(-c3ccccc3C)cc(=O)oc2c1)C(=O)O. The zero-order chi connectivity index (χ0) is 18.7. The fraction of sp³-hybridized carbons (Fsp3) is 0.200. The summed E-state index contributed by atoms with van der Waals surface area (Å²) in [4.78, 5) is 23.2. The van der Waals surface area contributed by atoms with Gasteiger partial charge in [-0.1, -0.05) is 24.3 Å². The quantitative estimate of drug-likeness (QED) is 0.684. The van der Waals surface area contributed by atoms with E-state index in [0.29, 0.717) is 5.58 Å². The van der Waals surface area contributed by atoms with Gasteiger partial charge in [0.2, 0.25) is 6.10 Å². The molecule has 0 saturated heterocycles. The summed E-state index contributed by atoms with van der Waals surface area (Å²) in [5.74, 6) is -0.853. The monoisotopic (exact) mass is 354 g/mol. The first-order valence-corrected chi connectivity index (χ1v) is 8.02. The molecule has 26 heavy (non-hydrogen) atoms. The Morgan fingerprint density at radius 2 is 1.92 bits per heavy atom. The third kappa shape index (κ3) is 3.60. The minimum atomic E-state index is -1.15. The van der Waals surface area contributed by atoms with Gasteiger partial charge in [-0.15, -0.1) is 0 Å². The Balaban J connectivity index is 2.08. The van der Waals surface area contributed by atoms with Crippen LogP contribution in [0.2, 0.25) is 0 Å². The lowest BCUT2D eigenvalue weighted by Gasteiger charge is -2.15. The van der Waals surface area contributed by atoms with Gasteiger partial charge in [0.05, 0.1) is 6.61 Å². The molecule has 1 heterocycles. The van der Waals surface area contributed by atoms with Crippen LogP contribution in [0.3, 0.4) is 0 Å². The van der Waals surface area contributed by atoms with Crippen molar-refractivity contribution in [2.45, 2.75) is 13.0 Å². The molecule has 6 nitrogen and oxygen atoms in total. The average Bonchev–Trinajstić information content (AvgIpc) is 2.60. The minimum absolute atomic E-state index is 0.0967. The van der Waals surface area contributed by atoms with Crippen LogP contribution in [0.5, 0.6) is 5.75 Å². The van der Waals surface area contributed by atoms with Crippen molar-refractivity contribution in [1.29, 1.82) is 0 Å². The van der Waals surface area contributed by atoms with E-state index in [2.05, 4.69) is 0 Å². The van der Waals surface area contributed by atoms with E-state index in [-0.39, 0.29) is 12.4 Å². The molecule has 0 bridgehead atoms. The molecule has 0 radical (unpaired) electrons. The molecule has 0 saturated carbocycles. The molecule has 1 N–H and O–H groups in total. The van der Waals surface area contributed by atoms with Crippen LogP contribution in [0.25, 0.3) is 22.1 Å². The van der Waals surface area contributed by atoms with E-state index >= 15 is 0 Å². The number of methoxy groups -OCH3 is 1. The molecule has 0 amide bonds. The van der Waals surface area contributed by atoms with E-state index in [1.807, 2.05) is 31.2 Å². The van der Waals surface area contributed by atoms with Crippen LogP contribution in [0, 0.1) is 6.92 Å². The van der Waals surface area contributed by atoms with Crippen molar-refractivity contribution in [3.05, 3.63) is 64.5 Å². The number of rotatable bonds is 6. The van der Waals surface area contributed by atoms with Gasteiger partial charge in [-0.3, -0.25) is 0 Å². The summed E-state index contributed by atoms with van der Waals surface area (Å²) >= 11 is 0. The highest BCUT2D eigenvalue weighted by Gasteiger charge is 2.20. The minimum Gasteiger partial charge on any atom is -0.478 e. The molecule has 1 unspecified atom stereocenters. The van der Waals surface area contributed by atoms with Crippen molar-refractivity contribution in [1.82, 2.24) is 0 Å². The van der Waals surface area contributed by atoms with Crippen LogP contribution in [0.1, 0.15) is 5.56 Å². The number of hydrogen-bond donors (Lipinski definition) is 1. The molecule has 3 aromatic rings. The number of aryl methyl sites for hydroxylation is 1. The highest BCUT2D eigenvalue weighted by atomic mass is 16.5. The van der Waals surface area contributed by atoms with Gasteiger partial charge in [0.15, 0.2) is 0 Å². The van der Waals surface area contributed by atoms with Crippen molar-refractivity contribution >= 4 is 16.9 Å². The summed E-state index contributed by atoms with van der Waals surface area (Å²) in [6, 6.07) is 14.1. The average molecular weight is 354 g/mol. The zero-order valence-electron chi connectivity index (χ0n) is 14.4. The van der Waals surface area contributed by atoms with Crippen molar-refractivity contribution in [2.75, 3.05) is 13.7 Å². The fourth-order valence-electron chi connectivity index (χ4n) is 2.79. The van der Waals surface area contributed by atoms with E-state index in [1.54, 1.807) is 12.1 Å². The third-order valence-corrected chi connectivity index (χ3v) is 4.02. The molecule has 0 aliphatic carbocycles. The van der Waals surface area contributed by atoms with Gasteiger partial charge in [-0.25, -0.2) is 9.59 Å². The highest BCUT2D eigenvalue weighted by molar-refractivity contribution is 5.94. The van der Waals surface area contributed by atoms with Gasteiger partial charge in [0.1, 0.15) is 11.3 Å². The summed E-state index contributed by atoms with van der Waals surface area (Å²) in [5.41, 5.74) is 2.56. The summed E-state index contributed by atoms with van der Waals surface area (Å²) < 4.78 is 15.6. The van der Waals surface area contributed by atoms with Crippen LogP contribution in [-0.4, -0.2) is 30.9 Å². The Hall–Kier alpha value is -3.12. The molecule has 0 fully saturated rings. The standard InChI is InChI=1S/C20H18O6/c1-12-5-3-4-6-14(12)16-10-19(21)26-17-9-13(7-8-15(16)17)25-18(11-24-2)20(22)23/h3-10,18H,11H2,1-2H3,(H,22,23). The van der Waals surface area contributed by atoms with Gasteiger partial charge < -0.3 is 19.0 Å². The maximum Gasteiger partial charge on any atom is 0.347 e. The number of benzene rings is 2. The summed E-state index contributed by atoms with van der Waals surface area (Å²) in [7, 11) is 1.40. The van der Waals surface area contributed by atoms with Crippen LogP contribution in [0.15, 0.2) is 57.7 Å². The second-order valence-electron chi connectivity index (χ2n) is 5.85. The fourth-order valence-corrected chi connectivity index (χ4v) is 2.79. The van der Waals surface area contributed by atoms with Crippen molar-refractivity contribution in [3.63, 3.8) is 0 Å². The molecule has 6 heteroatoms. The number of carboxylic acid groups (broad SMARTS) is 1. The molecule has 0 aliphatic rings. The van der Waals surface area contributed by atoms with Crippen LogP contribution >= 0.6 is 0 Å². The number of aliphatic carboxylic acids is 1. The Bertz CT molecular complexity index is 1000. The lowest BCUT2D eigenvalue weighted by Crippen LogP contribution is -2.31. The first-order valence-electron chi connectivity index (χ1n) is 8.02. The first kappa shape index (κ1) is 17.7. The molecule has 2 aromatic carbocycles. The van der Waals surface area contributed by atoms with E-state index < -0.39 is 17.7 Å². The molecule has 1 atom stereocenters. The lowest BCUT2D eigenvalue weighted by atomic mass is 9.98. The topological polar surface area (TPSA) is 86.0 Å². The summed E-state index contributed by atoms with van der Waals surface area (Å²) in [5, 5.41) is 9.91. The molecule has 0 aliphatic heterocycles. The predicted octanol–water partition coefficient (Wildman–Crippen LogP) is 3.25. The van der Waals surface area contributed by atoms with Crippen LogP contribution < -0.4 is 10.4 Å². The molecule has 0 spiro atoms. The maximum absolute atomic E-state index is 12.0. The van der Waals surface area contributed by atoms with Gasteiger partial charge in [-0.05, 0) is 30.2 Å².